The van der Waals surface area contributed by atoms with Gasteiger partial charge in [-0.2, -0.15) is 0 Å². The van der Waals surface area contributed by atoms with Crippen molar-refractivity contribution in [2.75, 3.05) is 26.4 Å². The maximum atomic E-state index is 10.1. The zero-order valence-electron chi connectivity index (χ0n) is 14.5. The SMILES string of the molecule is CCCCOC[C@H]1O[C@H](O)[C@@H](OCCCC)[C@@H]1OCCCC. The second-order valence-electron chi connectivity index (χ2n) is 5.87. The van der Waals surface area contributed by atoms with Crippen molar-refractivity contribution in [3.63, 3.8) is 0 Å². The van der Waals surface area contributed by atoms with E-state index in [0.717, 1.165) is 45.1 Å². The Morgan fingerprint density at radius 3 is 1.95 bits per heavy atom. The van der Waals surface area contributed by atoms with Crippen molar-refractivity contribution in [2.45, 2.75) is 83.9 Å². The van der Waals surface area contributed by atoms with Crippen molar-refractivity contribution in [2.24, 2.45) is 0 Å². The minimum absolute atomic E-state index is 0.250. The minimum Gasteiger partial charge on any atom is -0.379 e. The predicted octanol–water partition coefficient (Wildman–Crippen LogP) is 2.89. The summed E-state index contributed by atoms with van der Waals surface area (Å²) in [4.78, 5) is 0. The summed E-state index contributed by atoms with van der Waals surface area (Å²) in [7, 11) is 0. The van der Waals surface area contributed by atoms with Crippen LogP contribution in [-0.4, -0.2) is 56.1 Å². The standard InChI is InChI=1S/C17H34O5/c1-4-7-10-19-13-14-15(20-11-8-5-2)16(17(18)22-14)21-12-9-6-3/h14-18H,4-13H2,1-3H3/t14-,15-,16+,17+/m1/s1. The molecule has 5 nitrogen and oxygen atoms in total. The molecule has 1 N–H and O–H groups in total. The molecule has 1 fully saturated rings. The van der Waals surface area contributed by atoms with Crippen LogP contribution in [0, 0.1) is 0 Å². The van der Waals surface area contributed by atoms with Crippen LogP contribution in [0.15, 0.2) is 0 Å². The van der Waals surface area contributed by atoms with Crippen LogP contribution in [0.1, 0.15) is 59.3 Å². The predicted molar refractivity (Wildman–Crippen MR) is 85.9 cm³/mol. The lowest BCUT2D eigenvalue weighted by Crippen LogP contribution is -2.39. The molecule has 132 valence electrons. The van der Waals surface area contributed by atoms with Gasteiger partial charge in [0.25, 0.3) is 0 Å². The van der Waals surface area contributed by atoms with E-state index in [2.05, 4.69) is 20.8 Å². The minimum atomic E-state index is -0.928. The van der Waals surface area contributed by atoms with Crippen LogP contribution in [0.5, 0.6) is 0 Å². The lowest BCUT2D eigenvalue weighted by molar-refractivity contribution is -0.150. The van der Waals surface area contributed by atoms with Crippen molar-refractivity contribution >= 4 is 0 Å². The number of hydrogen-bond acceptors (Lipinski definition) is 5. The highest BCUT2D eigenvalue weighted by atomic mass is 16.7. The lowest BCUT2D eigenvalue weighted by atomic mass is 10.1. The van der Waals surface area contributed by atoms with Gasteiger partial charge in [0.05, 0.1) is 6.61 Å². The van der Waals surface area contributed by atoms with Crippen molar-refractivity contribution < 1.29 is 24.1 Å². The average Bonchev–Trinajstić information content (AvgIpc) is 2.80. The van der Waals surface area contributed by atoms with E-state index in [4.69, 9.17) is 18.9 Å². The van der Waals surface area contributed by atoms with Gasteiger partial charge >= 0.3 is 0 Å². The summed E-state index contributed by atoms with van der Waals surface area (Å²) in [6.07, 6.45) is 4.41. The first-order valence-corrected chi connectivity index (χ1v) is 8.89. The maximum Gasteiger partial charge on any atom is 0.184 e. The molecule has 0 aromatic heterocycles. The quantitative estimate of drug-likeness (QED) is 0.529. The molecule has 0 radical (unpaired) electrons. The van der Waals surface area contributed by atoms with Crippen molar-refractivity contribution in [1.29, 1.82) is 0 Å². The Balaban J connectivity index is 2.48. The van der Waals surface area contributed by atoms with Crippen molar-refractivity contribution in [1.82, 2.24) is 0 Å². The highest BCUT2D eigenvalue weighted by Crippen LogP contribution is 2.26. The molecule has 0 aliphatic carbocycles. The fourth-order valence-electron chi connectivity index (χ4n) is 2.39. The van der Waals surface area contributed by atoms with E-state index < -0.39 is 12.4 Å². The molecule has 5 heteroatoms. The molecule has 0 bridgehead atoms. The summed E-state index contributed by atoms with van der Waals surface area (Å²) in [5, 5.41) is 10.1. The van der Waals surface area contributed by atoms with E-state index in [1.807, 2.05) is 0 Å². The smallest absolute Gasteiger partial charge is 0.184 e. The largest absolute Gasteiger partial charge is 0.379 e. The molecule has 0 amide bonds. The Hall–Kier alpha value is -0.200. The third kappa shape index (κ3) is 6.92. The Bertz CT molecular complexity index is 261. The second-order valence-corrected chi connectivity index (χ2v) is 5.87. The summed E-state index contributed by atoms with van der Waals surface area (Å²) < 4.78 is 23.0. The molecule has 1 saturated heterocycles. The third-order valence-corrected chi connectivity index (χ3v) is 3.83. The summed E-state index contributed by atoms with van der Waals surface area (Å²) in [5.41, 5.74) is 0. The zero-order valence-corrected chi connectivity index (χ0v) is 14.5. The number of hydrogen-bond donors (Lipinski definition) is 1. The van der Waals surface area contributed by atoms with Gasteiger partial charge in [-0.15, -0.1) is 0 Å². The number of aliphatic hydroxyl groups excluding tert-OH is 1. The first-order chi connectivity index (χ1) is 10.7. The van der Waals surface area contributed by atoms with Gasteiger partial charge in [-0.1, -0.05) is 40.0 Å². The molecular weight excluding hydrogens is 284 g/mol. The van der Waals surface area contributed by atoms with Crippen LogP contribution in [0.25, 0.3) is 0 Å². The Morgan fingerprint density at radius 1 is 0.818 bits per heavy atom. The number of unbranched alkanes of at least 4 members (excludes halogenated alkanes) is 3. The summed E-state index contributed by atoms with van der Waals surface area (Å²) in [5.74, 6) is 0. The van der Waals surface area contributed by atoms with Gasteiger partial charge in [-0.3, -0.25) is 0 Å². The van der Waals surface area contributed by atoms with Crippen molar-refractivity contribution in [3.8, 4) is 0 Å². The molecule has 0 saturated carbocycles. The molecule has 0 spiro atoms. The lowest BCUT2D eigenvalue weighted by Gasteiger charge is -2.23. The van der Waals surface area contributed by atoms with E-state index in [1.165, 1.54) is 0 Å². The fraction of sp³-hybridized carbons (Fsp3) is 1.00. The van der Waals surface area contributed by atoms with Crippen LogP contribution in [0.2, 0.25) is 0 Å². The first kappa shape index (κ1) is 19.8. The van der Waals surface area contributed by atoms with Crippen LogP contribution in [0.3, 0.4) is 0 Å². The summed E-state index contributed by atoms with van der Waals surface area (Å²) >= 11 is 0. The van der Waals surface area contributed by atoms with Gasteiger partial charge in [-0.05, 0) is 19.3 Å². The van der Waals surface area contributed by atoms with E-state index in [0.29, 0.717) is 19.8 Å². The monoisotopic (exact) mass is 318 g/mol. The molecule has 22 heavy (non-hydrogen) atoms. The van der Waals surface area contributed by atoms with Crippen LogP contribution in [-0.2, 0) is 18.9 Å². The number of ether oxygens (including phenoxy) is 4. The Labute approximate surface area is 135 Å². The molecule has 0 aromatic carbocycles. The number of rotatable bonds is 13. The first-order valence-electron chi connectivity index (χ1n) is 8.89. The van der Waals surface area contributed by atoms with Gasteiger partial charge in [-0.25, -0.2) is 0 Å². The molecule has 0 aromatic rings. The normalized spacial score (nSPS) is 28.4. The fourth-order valence-corrected chi connectivity index (χ4v) is 2.39. The Morgan fingerprint density at radius 2 is 1.36 bits per heavy atom. The maximum absolute atomic E-state index is 10.1. The van der Waals surface area contributed by atoms with E-state index in [-0.39, 0.29) is 12.2 Å². The topological polar surface area (TPSA) is 57.2 Å². The van der Waals surface area contributed by atoms with Crippen LogP contribution >= 0.6 is 0 Å². The summed E-state index contributed by atoms with van der Waals surface area (Å²) in [6, 6.07) is 0. The number of aliphatic hydroxyl groups is 1. The molecular formula is C17H34O5. The van der Waals surface area contributed by atoms with Gasteiger partial charge in [0.15, 0.2) is 6.29 Å². The van der Waals surface area contributed by atoms with Crippen LogP contribution < -0.4 is 0 Å². The molecule has 1 aliphatic heterocycles. The highest BCUT2D eigenvalue weighted by Gasteiger charge is 2.45. The zero-order chi connectivity index (χ0) is 16.2. The van der Waals surface area contributed by atoms with E-state index in [9.17, 15) is 5.11 Å². The van der Waals surface area contributed by atoms with Gasteiger partial charge < -0.3 is 24.1 Å². The van der Waals surface area contributed by atoms with E-state index >= 15 is 0 Å². The molecule has 1 rings (SSSR count). The van der Waals surface area contributed by atoms with Crippen LogP contribution in [0.4, 0.5) is 0 Å². The van der Waals surface area contributed by atoms with E-state index in [1.54, 1.807) is 0 Å². The summed E-state index contributed by atoms with van der Waals surface area (Å²) in [6.45, 7) is 8.83. The third-order valence-electron chi connectivity index (χ3n) is 3.83. The molecule has 1 aliphatic rings. The second kappa shape index (κ2) is 12.3. The van der Waals surface area contributed by atoms with Gasteiger partial charge in [0.2, 0.25) is 0 Å². The molecule has 0 unspecified atom stereocenters. The van der Waals surface area contributed by atoms with Gasteiger partial charge in [0.1, 0.15) is 18.3 Å². The Kier molecular flexibility index (Phi) is 11.1. The average molecular weight is 318 g/mol. The highest BCUT2D eigenvalue weighted by molar-refractivity contribution is 4.89. The van der Waals surface area contributed by atoms with Gasteiger partial charge in [0, 0.05) is 19.8 Å². The molecule has 1 heterocycles. The molecule has 4 atom stereocenters. The van der Waals surface area contributed by atoms with Crippen molar-refractivity contribution in [3.05, 3.63) is 0 Å².